The van der Waals surface area contributed by atoms with Crippen molar-refractivity contribution in [1.29, 1.82) is 0 Å². The number of hydrogen-bond donors (Lipinski definition) is 2. The number of hydrogen-bond acceptors (Lipinski definition) is 2. The second kappa shape index (κ2) is 4.82. The number of amides is 1. The van der Waals surface area contributed by atoms with Crippen LogP contribution in [0.2, 0.25) is 0 Å². The largest absolute Gasteiger partial charge is 0.326 e. The number of carbonyl (C=O) groups excluding carboxylic acids is 1. The number of rotatable bonds is 2. The van der Waals surface area contributed by atoms with Gasteiger partial charge in [-0.3, -0.25) is 4.79 Å². The molecule has 0 aromatic heterocycles. The first-order chi connectivity index (χ1) is 7.79. The second-order valence-electron chi connectivity index (χ2n) is 3.85. The zero-order chi connectivity index (χ0) is 11.4. The molecule has 2 rings (SSSR count). The van der Waals surface area contributed by atoms with E-state index in [0.29, 0.717) is 6.54 Å². The van der Waals surface area contributed by atoms with Crippen molar-refractivity contribution < 1.29 is 4.79 Å². The van der Waals surface area contributed by atoms with Crippen LogP contribution < -0.4 is 11.1 Å². The zero-order valence-corrected chi connectivity index (χ0v) is 8.99. The lowest BCUT2D eigenvalue weighted by atomic mass is 10.2. The Morgan fingerprint density at radius 1 is 1.38 bits per heavy atom. The fourth-order valence-electron chi connectivity index (χ4n) is 1.38. The summed E-state index contributed by atoms with van der Waals surface area (Å²) in [7, 11) is 0. The molecule has 1 aromatic carbocycles. The molecule has 16 heavy (non-hydrogen) atoms. The average molecular weight is 214 g/mol. The van der Waals surface area contributed by atoms with E-state index < -0.39 is 0 Å². The third-order valence-electron chi connectivity index (χ3n) is 2.44. The molecule has 1 aromatic rings. The van der Waals surface area contributed by atoms with Crippen LogP contribution in [0.4, 0.5) is 5.69 Å². The van der Waals surface area contributed by atoms with E-state index in [0.717, 1.165) is 24.1 Å². The number of nitrogens with one attached hydrogen (secondary N) is 1. The van der Waals surface area contributed by atoms with Gasteiger partial charge in [-0.2, -0.15) is 0 Å². The van der Waals surface area contributed by atoms with E-state index in [1.54, 1.807) is 0 Å². The van der Waals surface area contributed by atoms with E-state index >= 15 is 0 Å². The van der Waals surface area contributed by atoms with E-state index in [1.165, 1.54) is 0 Å². The molecule has 1 aliphatic carbocycles. The predicted octanol–water partition coefficient (Wildman–Crippen LogP) is 1.35. The summed E-state index contributed by atoms with van der Waals surface area (Å²) in [5, 5.41) is 2.88. The molecule has 82 valence electrons. The van der Waals surface area contributed by atoms with Gasteiger partial charge in [-0.1, -0.05) is 11.8 Å². The van der Waals surface area contributed by atoms with E-state index in [9.17, 15) is 4.79 Å². The Balaban J connectivity index is 1.98. The van der Waals surface area contributed by atoms with Crippen LogP contribution in [-0.4, -0.2) is 12.5 Å². The molecule has 3 N–H and O–H groups in total. The van der Waals surface area contributed by atoms with E-state index in [-0.39, 0.29) is 11.8 Å². The minimum absolute atomic E-state index is 0.126. The highest BCUT2D eigenvalue weighted by molar-refractivity contribution is 5.94. The highest BCUT2D eigenvalue weighted by atomic mass is 16.2. The molecule has 0 radical (unpaired) electrons. The van der Waals surface area contributed by atoms with Gasteiger partial charge in [0.05, 0.1) is 6.54 Å². The Morgan fingerprint density at radius 2 is 2.06 bits per heavy atom. The summed E-state index contributed by atoms with van der Waals surface area (Å²) < 4.78 is 0. The van der Waals surface area contributed by atoms with Gasteiger partial charge in [-0.25, -0.2) is 0 Å². The summed E-state index contributed by atoms with van der Waals surface area (Å²) in [4.78, 5) is 11.5. The Labute approximate surface area is 95.0 Å². The van der Waals surface area contributed by atoms with Crippen molar-refractivity contribution in [1.82, 2.24) is 0 Å². The number of carbonyl (C=O) groups is 1. The van der Waals surface area contributed by atoms with Gasteiger partial charge in [0.15, 0.2) is 0 Å². The van der Waals surface area contributed by atoms with Crippen molar-refractivity contribution in [2.24, 2.45) is 11.7 Å². The van der Waals surface area contributed by atoms with Crippen molar-refractivity contribution in [3.05, 3.63) is 29.8 Å². The van der Waals surface area contributed by atoms with Gasteiger partial charge in [-0.15, -0.1) is 0 Å². The van der Waals surface area contributed by atoms with Gasteiger partial charge in [0.25, 0.3) is 0 Å². The van der Waals surface area contributed by atoms with Crippen molar-refractivity contribution in [3.8, 4) is 11.8 Å². The smallest absolute Gasteiger partial charge is 0.227 e. The Morgan fingerprint density at radius 3 is 2.62 bits per heavy atom. The molecule has 1 saturated carbocycles. The maximum absolute atomic E-state index is 11.5. The van der Waals surface area contributed by atoms with Gasteiger partial charge in [0, 0.05) is 17.2 Å². The zero-order valence-electron chi connectivity index (χ0n) is 8.99. The van der Waals surface area contributed by atoms with Crippen LogP contribution in [0.3, 0.4) is 0 Å². The van der Waals surface area contributed by atoms with Crippen LogP contribution in [0.5, 0.6) is 0 Å². The third kappa shape index (κ3) is 2.85. The molecule has 0 aliphatic heterocycles. The molecule has 0 bridgehead atoms. The minimum atomic E-state index is 0.126. The third-order valence-corrected chi connectivity index (χ3v) is 2.44. The summed E-state index contributed by atoms with van der Waals surface area (Å²) in [6.45, 7) is 0.361. The SMILES string of the molecule is NCC#Cc1ccc(NC(=O)C2CC2)cc1. The van der Waals surface area contributed by atoms with Crippen molar-refractivity contribution in [3.63, 3.8) is 0 Å². The second-order valence-corrected chi connectivity index (χ2v) is 3.85. The lowest BCUT2D eigenvalue weighted by Crippen LogP contribution is -2.12. The van der Waals surface area contributed by atoms with Crippen LogP contribution in [0.1, 0.15) is 18.4 Å². The number of benzene rings is 1. The molecule has 0 spiro atoms. The fraction of sp³-hybridized carbons (Fsp3) is 0.308. The van der Waals surface area contributed by atoms with Crippen LogP contribution in [0.15, 0.2) is 24.3 Å². The normalized spacial score (nSPS) is 13.8. The summed E-state index contributed by atoms with van der Waals surface area (Å²) >= 11 is 0. The average Bonchev–Trinajstić information content (AvgIpc) is 3.12. The summed E-state index contributed by atoms with van der Waals surface area (Å²) in [5.74, 6) is 6.07. The fourth-order valence-corrected chi connectivity index (χ4v) is 1.38. The van der Waals surface area contributed by atoms with Crippen LogP contribution in [0, 0.1) is 17.8 Å². The van der Waals surface area contributed by atoms with Gasteiger partial charge in [0.2, 0.25) is 5.91 Å². The molecule has 3 nitrogen and oxygen atoms in total. The molecular weight excluding hydrogens is 200 g/mol. The van der Waals surface area contributed by atoms with Crippen LogP contribution in [-0.2, 0) is 4.79 Å². The quantitative estimate of drug-likeness (QED) is 0.730. The monoisotopic (exact) mass is 214 g/mol. The Hall–Kier alpha value is -1.79. The molecule has 1 aliphatic rings. The molecule has 0 saturated heterocycles. The molecule has 0 heterocycles. The van der Waals surface area contributed by atoms with Gasteiger partial charge >= 0.3 is 0 Å². The van der Waals surface area contributed by atoms with Gasteiger partial charge < -0.3 is 11.1 Å². The van der Waals surface area contributed by atoms with Gasteiger partial charge in [-0.05, 0) is 37.1 Å². The van der Waals surface area contributed by atoms with Crippen molar-refractivity contribution in [2.75, 3.05) is 11.9 Å². The van der Waals surface area contributed by atoms with Crippen molar-refractivity contribution in [2.45, 2.75) is 12.8 Å². The highest BCUT2D eigenvalue weighted by Gasteiger charge is 2.29. The first-order valence-electron chi connectivity index (χ1n) is 5.39. The Bertz CT molecular complexity index is 435. The molecular formula is C13H14N2O. The van der Waals surface area contributed by atoms with Crippen molar-refractivity contribution >= 4 is 11.6 Å². The lowest BCUT2D eigenvalue weighted by Gasteiger charge is -2.03. The number of nitrogens with two attached hydrogens (primary N) is 1. The maximum atomic E-state index is 11.5. The summed E-state index contributed by atoms with van der Waals surface area (Å²) in [6.07, 6.45) is 2.04. The molecule has 0 atom stereocenters. The Kier molecular flexibility index (Phi) is 3.23. The highest BCUT2D eigenvalue weighted by Crippen LogP contribution is 2.30. The molecule has 1 fully saturated rings. The van der Waals surface area contributed by atoms with Crippen LogP contribution in [0.25, 0.3) is 0 Å². The standard InChI is InChI=1S/C13H14N2O/c14-9-1-2-10-3-7-12(8-4-10)15-13(16)11-5-6-11/h3-4,7-8,11H,5-6,9,14H2,(H,15,16). The van der Waals surface area contributed by atoms with E-state index in [4.69, 9.17) is 5.73 Å². The predicted molar refractivity (Wildman–Crippen MR) is 63.7 cm³/mol. The molecule has 0 unspecified atom stereocenters. The molecule has 1 amide bonds. The lowest BCUT2D eigenvalue weighted by molar-refractivity contribution is -0.117. The maximum Gasteiger partial charge on any atom is 0.227 e. The first kappa shape index (κ1) is 10.7. The topological polar surface area (TPSA) is 55.1 Å². The first-order valence-corrected chi connectivity index (χ1v) is 5.39. The van der Waals surface area contributed by atoms with E-state index in [1.807, 2.05) is 24.3 Å². The number of anilines is 1. The molecule has 3 heteroatoms. The van der Waals surface area contributed by atoms with Gasteiger partial charge in [0.1, 0.15) is 0 Å². The van der Waals surface area contributed by atoms with E-state index in [2.05, 4.69) is 17.2 Å². The van der Waals surface area contributed by atoms with Crippen LogP contribution >= 0.6 is 0 Å². The minimum Gasteiger partial charge on any atom is -0.326 e. The summed E-state index contributed by atoms with van der Waals surface area (Å²) in [6, 6.07) is 7.48. The summed E-state index contributed by atoms with van der Waals surface area (Å²) in [5.41, 5.74) is 7.02.